The van der Waals surface area contributed by atoms with Crippen molar-refractivity contribution in [1.29, 1.82) is 0 Å². The van der Waals surface area contributed by atoms with Gasteiger partial charge in [0.05, 0.1) is 5.75 Å². The smallest absolute Gasteiger partial charge is 0.327 e. The molecule has 5 nitrogen and oxygen atoms in total. The Morgan fingerprint density at radius 3 is 2.20 bits per heavy atom. The van der Waals surface area contributed by atoms with Crippen LogP contribution in [0.25, 0.3) is 0 Å². The lowest BCUT2D eigenvalue weighted by Gasteiger charge is -2.13. The molecular weight excluding hydrogens is 218 g/mol. The van der Waals surface area contributed by atoms with Crippen molar-refractivity contribution in [3.05, 3.63) is 0 Å². The minimum atomic E-state index is -1.21. The van der Waals surface area contributed by atoms with Gasteiger partial charge in [-0.2, -0.15) is 0 Å². The zero-order valence-electron chi connectivity index (χ0n) is 9.15. The quantitative estimate of drug-likeness (QED) is 0.677. The summed E-state index contributed by atoms with van der Waals surface area (Å²) in [4.78, 5) is 21.4. The summed E-state index contributed by atoms with van der Waals surface area (Å²) >= 11 is 0. The number of nitrogens with one attached hydrogen (secondary N) is 1. The van der Waals surface area contributed by atoms with E-state index in [9.17, 15) is 13.8 Å². The molecule has 0 saturated heterocycles. The van der Waals surface area contributed by atoms with E-state index >= 15 is 0 Å². The van der Waals surface area contributed by atoms with Crippen LogP contribution in [0.5, 0.6) is 0 Å². The van der Waals surface area contributed by atoms with Crippen LogP contribution in [0.2, 0.25) is 0 Å². The van der Waals surface area contributed by atoms with E-state index in [1.807, 2.05) is 13.8 Å². The zero-order valence-corrected chi connectivity index (χ0v) is 9.97. The summed E-state index contributed by atoms with van der Waals surface area (Å²) in [6.07, 6.45) is 0. The van der Waals surface area contributed by atoms with E-state index in [1.165, 1.54) is 6.92 Å². The van der Waals surface area contributed by atoms with Crippen molar-refractivity contribution in [2.24, 2.45) is 5.92 Å². The molecule has 0 aliphatic carbocycles. The van der Waals surface area contributed by atoms with Crippen molar-refractivity contribution < 1.29 is 18.9 Å². The van der Waals surface area contributed by atoms with Gasteiger partial charge in [-0.15, -0.1) is 0 Å². The molecule has 0 aliphatic heterocycles. The van der Waals surface area contributed by atoms with Crippen molar-refractivity contribution in [2.45, 2.75) is 26.8 Å². The Balaban J connectivity index is 4.22. The van der Waals surface area contributed by atoms with Crippen LogP contribution in [0.4, 0.5) is 0 Å². The summed E-state index contributed by atoms with van der Waals surface area (Å²) < 4.78 is 11.4. The van der Waals surface area contributed by atoms with E-state index in [-0.39, 0.29) is 11.7 Å². The van der Waals surface area contributed by atoms with Crippen LogP contribution >= 0.6 is 0 Å². The minimum Gasteiger partial charge on any atom is -0.480 e. The summed E-state index contributed by atoms with van der Waals surface area (Å²) in [7, 11) is -1.21. The van der Waals surface area contributed by atoms with Gasteiger partial charge < -0.3 is 10.4 Å². The number of amides is 1. The second-order valence-corrected chi connectivity index (χ2v) is 5.30. The number of hydrogen-bond donors (Lipinski definition) is 2. The highest BCUT2D eigenvalue weighted by Crippen LogP contribution is 1.99. The zero-order chi connectivity index (χ0) is 12.0. The van der Waals surface area contributed by atoms with Crippen LogP contribution in [0.1, 0.15) is 20.8 Å². The Kier molecular flexibility index (Phi) is 6.15. The second-order valence-electron chi connectivity index (χ2n) is 3.76. The maximum atomic E-state index is 11.4. The average molecular weight is 235 g/mol. The summed E-state index contributed by atoms with van der Waals surface area (Å²) in [5.74, 6) is -0.917. The number of hydrogen-bond acceptors (Lipinski definition) is 3. The van der Waals surface area contributed by atoms with E-state index in [2.05, 4.69) is 5.32 Å². The van der Waals surface area contributed by atoms with Crippen molar-refractivity contribution in [2.75, 3.05) is 11.5 Å². The predicted octanol–water partition coefficient (Wildman–Crippen LogP) is -0.0196. The van der Waals surface area contributed by atoms with Crippen molar-refractivity contribution in [3.63, 3.8) is 0 Å². The van der Waals surface area contributed by atoms with Crippen LogP contribution in [-0.4, -0.2) is 38.7 Å². The first kappa shape index (κ1) is 14.1. The topological polar surface area (TPSA) is 83.5 Å². The Labute approximate surface area is 91.7 Å². The SMILES string of the molecule is CC(=O)NC(CS(=O)CC(C)C)C(=O)O. The molecule has 2 N–H and O–H groups in total. The molecule has 0 bridgehead atoms. The molecule has 0 rings (SSSR count). The van der Waals surface area contributed by atoms with Gasteiger partial charge in [0.15, 0.2) is 0 Å². The number of carbonyl (C=O) groups is 2. The van der Waals surface area contributed by atoms with E-state index in [0.29, 0.717) is 5.75 Å². The summed E-state index contributed by atoms with van der Waals surface area (Å²) in [5, 5.41) is 11.0. The van der Waals surface area contributed by atoms with Crippen LogP contribution in [0.3, 0.4) is 0 Å². The number of rotatable bonds is 6. The first-order valence-electron chi connectivity index (χ1n) is 4.67. The molecule has 88 valence electrons. The third-order valence-electron chi connectivity index (χ3n) is 1.55. The first-order chi connectivity index (χ1) is 6.82. The van der Waals surface area contributed by atoms with Crippen molar-refractivity contribution >= 4 is 22.7 Å². The molecule has 15 heavy (non-hydrogen) atoms. The second kappa shape index (κ2) is 6.55. The van der Waals surface area contributed by atoms with Crippen LogP contribution in [0, 0.1) is 5.92 Å². The molecule has 0 radical (unpaired) electrons. The molecule has 0 aromatic heterocycles. The summed E-state index contributed by atoms with van der Waals surface area (Å²) in [6, 6.07) is -1.05. The number of aliphatic carboxylic acids is 1. The van der Waals surface area contributed by atoms with Gasteiger partial charge >= 0.3 is 5.97 Å². The Bertz CT molecular complexity index is 265. The fourth-order valence-corrected chi connectivity index (χ4v) is 2.52. The molecule has 0 aromatic rings. The fraction of sp³-hybridized carbons (Fsp3) is 0.778. The third-order valence-corrected chi connectivity index (χ3v) is 3.29. The third kappa shape index (κ3) is 7.07. The highest BCUT2D eigenvalue weighted by molar-refractivity contribution is 7.85. The van der Waals surface area contributed by atoms with Gasteiger partial charge in [-0.1, -0.05) is 13.8 Å². The monoisotopic (exact) mass is 235 g/mol. The number of carboxylic acid groups (broad SMARTS) is 1. The van der Waals surface area contributed by atoms with E-state index < -0.39 is 28.7 Å². The van der Waals surface area contributed by atoms with Gasteiger partial charge in [0.2, 0.25) is 5.91 Å². The average Bonchev–Trinajstić information content (AvgIpc) is 1.99. The largest absolute Gasteiger partial charge is 0.480 e. The predicted molar refractivity (Wildman–Crippen MR) is 58.0 cm³/mol. The van der Waals surface area contributed by atoms with Crippen LogP contribution in [-0.2, 0) is 20.4 Å². The number of carbonyl (C=O) groups excluding carboxylic acids is 1. The maximum Gasteiger partial charge on any atom is 0.327 e. The molecule has 0 spiro atoms. The molecule has 0 aromatic carbocycles. The molecule has 0 saturated carbocycles. The summed E-state index contributed by atoms with van der Waals surface area (Å²) in [6.45, 7) is 5.06. The molecule has 0 fully saturated rings. The standard InChI is InChI=1S/C9H17NO4S/c1-6(2)4-15(14)5-8(9(12)13)10-7(3)11/h6,8H,4-5H2,1-3H3,(H,10,11)(H,12,13). The summed E-state index contributed by atoms with van der Waals surface area (Å²) in [5.41, 5.74) is 0. The molecule has 2 unspecified atom stereocenters. The van der Waals surface area contributed by atoms with Crippen molar-refractivity contribution in [1.82, 2.24) is 5.32 Å². The Morgan fingerprint density at radius 1 is 1.33 bits per heavy atom. The van der Waals surface area contributed by atoms with E-state index in [1.54, 1.807) is 0 Å². The lowest BCUT2D eigenvalue weighted by molar-refractivity contribution is -0.140. The van der Waals surface area contributed by atoms with E-state index in [4.69, 9.17) is 5.11 Å². The van der Waals surface area contributed by atoms with Gasteiger partial charge in [-0.25, -0.2) is 4.79 Å². The number of carboxylic acids is 1. The highest BCUT2D eigenvalue weighted by Gasteiger charge is 2.21. The van der Waals surface area contributed by atoms with Gasteiger partial charge in [0.1, 0.15) is 6.04 Å². The lowest BCUT2D eigenvalue weighted by Crippen LogP contribution is -2.43. The lowest BCUT2D eigenvalue weighted by atomic mass is 10.3. The molecule has 1 amide bonds. The molecule has 0 heterocycles. The molecular formula is C9H17NO4S. The molecule has 2 atom stereocenters. The van der Waals surface area contributed by atoms with Gasteiger partial charge in [-0.05, 0) is 5.92 Å². The van der Waals surface area contributed by atoms with Gasteiger partial charge in [-0.3, -0.25) is 9.00 Å². The van der Waals surface area contributed by atoms with E-state index in [0.717, 1.165) is 0 Å². The van der Waals surface area contributed by atoms with Crippen molar-refractivity contribution in [3.8, 4) is 0 Å². The maximum absolute atomic E-state index is 11.4. The Morgan fingerprint density at radius 2 is 1.87 bits per heavy atom. The molecule has 6 heteroatoms. The fourth-order valence-electron chi connectivity index (χ4n) is 1.05. The first-order valence-corrected chi connectivity index (χ1v) is 6.16. The van der Waals surface area contributed by atoms with Crippen LogP contribution < -0.4 is 5.32 Å². The van der Waals surface area contributed by atoms with Crippen LogP contribution in [0.15, 0.2) is 0 Å². The van der Waals surface area contributed by atoms with Gasteiger partial charge in [0, 0.05) is 23.5 Å². The Hall–Kier alpha value is -0.910. The highest BCUT2D eigenvalue weighted by atomic mass is 32.2. The minimum absolute atomic E-state index is 0.0346. The molecule has 0 aliphatic rings. The normalized spacial score (nSPS) is 14.7. The van der Waals surface area contributed by atoms with Gasteiger partial charge in [0.25, 0.3) is 0 Å².